The van der Waals surface area contributed by atoms with Crippen LogP contribution in [0.4, 0.5) is 11.4 Å². The van der Waals surface area contributed by atoms with E-state index in [0.29, 0.717) is 17.0 Å². The summed E-state index contributed by atoms with van der Waals surface area (Å²) in [5, 5.41) is 21.0. The zero-order chi connectivity index (χ0) is 31.4. The van der Waals surface area contributed by atoms with Crippen molar-refractivity contribution in [2.45, 2.75) is 6.92 Å². The van der Waals surface area contributed by atoms with E-state index in [1.807, 2.05) is 109 Å². The summed E-state index contributed by atoms with van der Waals surface area (Å²) in [5.41, 5.74) is 8.48. The fourth-order valence-electron chi connectivity index (χ4n) is 6.70. The first-order valence-electron chi connectivity index (χ1n) is 15.0. The van der Waals surface area contributed by atoms with Crippen LogP contribution in [0.3, 0.4) is 0 Å². The van der Waals surface area contributed by atoms with Crippen molar-refractivity contribution in [2.24, 2.45) is 0 Å². The Kier molecular flexibility index (Phi) is 6.27. The molecule has 0 atom stereocenters. The molecule has 216 valence electrons. The quantitative estimate of drug-likeness (QED) is 0.157. The monoisotopic (exact) mass is 592 g/mol. The minimum Gasteiger partial charge on any atom is -0.458 e. The average Bonchev–Trinajstić information content (AvgIpc) is 3.33. The molecule has 8 rings (SSSR count). The van der Waals surface area contributed by atoms with Gasteiger partial charge in [0.05, 0.1) is 22.8 Å². The highest BCUT2D eigenvalue weighted by Gasteiger charge is 2.41. The molecule has 5 aromatic rings. The van der Waals surface area contributed by atoms with Crippen LogP contribution in [0.25, 0.3) is 22.7 Å². The number of fused-ring (bicyclic) bond motifs is 6. The Balaban J connectivity index is 1.37. The van der Waals surface area contributed by atoms with Crippen LogP contribution < -0.4 is 30.8 Å². The lowest BCUT2D eigenvalue weighted by molar-refractivity contribution is 0.465. The second-order valence-corrected chi connectivity index (χ2v) is 11.2. The van der Waals surface area contributed by atoms with Crippen LogP contribution in [0.15, 0.2) is 128 Å². The highest BCUT2D eigenvalue weighted by atomic mass is 16.5. The van der Waals surface area contributed by atoms with Gasteiger partial charge >= 0.3 is 0 Å². The average molecular weight is 592 g/mol. The number of rotatable bonds is 4. The van der Waals surface area contributed by atoms with Gasteiger partial charge in [0.2, 0.25) is 0 Å². The normalized spacial score (nSPS) is 14.2. The van der Waals surface area contributed by atoms with Crippen LogP contribution in [0.2, 0.25) is 0 Å². The summed E-state index contributed by atoms with van der Waals surface area (Å²) in [5.74, 6) is 2.92. The number of nitriles is 2. The number of ether oxygens (including phenoxy) is 2. The van der Waals surface area contributed by atoms with Crippen molar-refractivity contribution in [1.82, 2.24) is 4.57 Å². The highest BCUT2D eigenvalue weighted by Crippen LogP contribution is 2.41. The first-order chi connectivity index (χ1) is 22.6. The molecule has 0 saturated carbocycles. The van der Waals surface area contributed by atoms with Crippen molar-refractivity contribution in [3.05, 3.63) is 139 Å². The molecule has 6 nitrogen and oxygen atoms in total. The van der Waals surface area contributed by atoms with Crippen molar-refractivity contribution in [3.63, 3.8) is 0 Å². The summed E-state index contributed by atoms with van der Waals surface area (Å²) < 4.78 is 15.1. The molecule has 3 aliphatic heterocycles. The molecular formula is C39H25BN4O2. The van der Waals surface area contributed by atoms with Crippen molar-refractivity contribution >= 4 is 57.2 Å². The van der Waals surface area contributed by atoms with Crippen LogP contribution in [-0.4, -0.2) is 11.3 Å². The van der Waals surface area contributed by atoms with E-state index in [1.54, 1.807) is 6.08 Å². The second kappa shape index (κ2) is 10.6. The van der Waals surface area contributed by atoms with Crippen LogP contribution in [0.1, 0.15) is 18.2 Å². The number of hydrogen-bond acceptors (Lipinski definition) is 5. The van der Waals surface area contributed by atoms with Gasteiger partial charge < -0.3 is 18.9 Å². The minimum atomic E-state index is -0.193. The number of para-hydroxylation sites is 1. The molecule has 3 aliphatic rings. The first-order valence-corrected chi connectivity index (χ1v) is 15.0. The molecule has 0 aliphatic carbocycles. The van der Waals surface area contributed by atoms with E-state index in [1.165, 1.54) is 0 Å². The van der Waals surface area contributed by atoms with Crippen LogP contribution in [0, 0.1) is 22.7 Å². The molecule has 0 spiro atoms. The van der Waals surface area contributed by atoms with Crippen LogP contribution >= 0.6 is 0 Å². The Labute approximate surface area is 267 Å². The summed E-state index contributed by atoms with van der Waals surface area (Å²) in [6.07, 6.45) is 13.2. The predicted molar refractivity (Wildman–Crippen MR) is 185 cm³/mol. The van der Waals surface area contributed by atoms with E-state index in [0.717, 1.165) is 67.2 Å². The van der Waals surface area contributed by atoms with E-state index in [4.69, 9.17) is 9.47 Å². The lowest BCUT2D eigenvalue weighted by Crippen LogP contribution is -2.57. The van der Waals surface area contributed by atoms with Gasteiger partial charge in [0.1, 0.15) is 34.8 Å². The van der Waals surface area contributed by atoms with Crippen LogP contribution in [-0.2, 0) is 0 Å². The Morgan fingerprint density at radius 3 is 2.35 bits per heavy atom. The standard InChI is InChI=1S/C39H25BN4O2/c1-3-9-29(10-4-2)44-30(24-42)18-27-20-32-38(22-34(27)44)46-36-14-8-13-35-39(36)40(32)31-19-26-17-25(23-41)15-16-43(28-11-6-5-7-12-28)33(26)21-37(31)45-35/h3-22H,1H2,2H3/b10-4-,29-9+. The smallest absolute Gasteiger partial charge is 0.260 e. The molecule has 1 aromatic heterocycles. The minimum absolute atomic E-state index is 0.193. The number of nitrogens with zero attached hydrogens (tertiary/aromatic N) is 4. The lowest BCUT2D eigenvalue weighted by atomic mass is 9.34. The summed E-state index contributed by atoms with van der Waals surface area (Å²) in [6.45, 7) is 5.63. The summed E-state index contributed by atoms with van der Waals surface area (Å²) >= 11 is 0. The molecule has 7 heteroatoms. The van der Waals surface area contributed by atoms with Gasteiger partial charge in [0, 0.05) is 40.6 Å². The zero-order valence-electron chi connectivity index (χ0n) is 24.9. The number of anilines is 2. The number of aromatic nitrogens is 1. The Morgan fingerprint density at radius 1 is 0.870 bits per heavy atom. The third kappa shape index (κ3) is 4.11. The molecule has 0 bridgehead atoms. The summed E-state index contributed by atoms with van der Waals surface area (Å²) in [7, 11) is 0. The van der Waals surface area contributed by atoms with Crippen molar-refractivity contribution in [2.75, 3.05) is 4.90 Å². The Bertz CT molecular complexity index is 2330. The van der Waals surface area contributed by atoms with Gasteiger partial charge in [0.15, 0.2) is 0 Å². The second-order valence-electron chi connectivity index (χ2n) is 11.2. The summed E-state index contributed by atoms with van der Waals surface area (Å²) in [6, 6.07) is 30.9. The highest BCUT2D eigenvalue weighted by molar-refractivity contribution is 6.98. The molecule has 0 unspecified atom stereocenters. The molecule has 0 amide bonds. The molecule has 0 fully saturated rings. The van der Waals surface area contributed by atoms with Gasteiger partial charge in [-0.25, -0.2) is 0 Å². The van der Waals surface area contributed by atoms with E-state index in [2.05, 4.69) is 41.8 Å². The zero-order valence-corrected chi connectivity index (χ0v) is 24.9. The van der Waals surface area contributed by atoms with E-state index in [-0.39, 0.29) is 6.71 Å². The Morgan fingerprint density at radius 2 is 1.63 bits per heavy atom. The van der Waals surface area contributed by atoms with Crippen LogP contribution in [0.5, 0.6) is 23.0 Å². The SMILES string of the molecule is C=C/C=C(\C=C/C)n1c(C#N)cc2cc3c(cc21)Oc1cccc2c1B3c1cc3c(cc1O2)N(c1ccccc1)C=CC(C#N)=C3. The number of allylic oxidation sites excluding steroid dienone is 7. The van der Waals surface area contributed by atoms with Gasteiger partial charge in [-0.3, -0.25) is 0 Å². The summed E-state index contributed by atoms with van der Waals surface area (Å²) in [4.78, 5) is 2.08. The predicted octanol–water partition coefficient (Wildman–Crippen LogP) is 7.42. The van der Waals surface area contributed by atoms with Gasteiger partial charge in [0.25, 0.3) is 6.71 Å². The fraction of sp³-hybridized carbons (Fsp3) is 0.0256. The van der Waals surface area contributed by atoms with E-state index >= 15 is 0 Å². The Hall–Kier alpha value is -6.44. The largest absolute Gasteiger partial charge is 0.458 e. The maximum absolute atomic E-state index is 10.1. The third-order valence-corrected chi connectivity index (χ3v) is 8.60. The van der Waals surface area contributed by atoms with Gasteiger partial charge in [-0.05, 0) is 78.0 Å². The maximum Gasteiger partial charge on any atom is 0.260 e. The topological polar surface area (TPSA) is 74.2 Å². The lowest BCUT2D eigenvalue weighted by Gasteiger charge is -2.34. The van der Waals surface area contributed by atoms with E-state index < -0.39 is 0 Å². The molecular weight excluding hydrogens is 567 g/mol. The molecule has 0 saturated heterocycles. The third-order valence-electron chi connectivity index (χ3n) is 8.60. The molecule has 46 heavy (non-hydrogen) atoms. The van der Waals surface area contributed by atoms with Crippen molar-refractivity contribution < 1.29 is 9.47 Å². The first kappa shape index (κ1) is 27.1. The maximum atomic E-state index is 10.1. The van der Waals surface area contributed by atoms with Crippen molar-refractivity contribution in [3.8, 4) is 35.1 Å². The van der Waals surface area contributed by atoms with Crippen molar-refractivity contribution in [1.29, 1.82) is 10.5 Å². The van der Waals surface area contributed by atoms with E-state index in [9.17, 15) is 10.5 Å². The fourth-order valence-corrected chi connectivity index (χ4v) is 6.70. The van der Waals surface area contributed by atoms with Gasteiger partial charge in [-0.15, -0.1) is 0 Å². The van der Waals surface area contributed by atoms with Gasteiger partial charge in [-0.2, -0.15) is 10.5 Å². The molecule has 4 heterocycles. The molecule has 4 aromatic carbocycles. The molecule has 0 N–H and O–H groups in total. The number of benzene rings is 4. The van der Waals surface area contributed by atoms with Gasteiger partial charge in [-0.1, -0.05) is 55.1 Å². The molecule has 0 radical (unpaired) electrons. The number of hydrogen-bond donors (Lipinski definition) is 0.